The fourth-order valence-electron chi connectivity index (χ4n) is 2.62. The third kappa shape index (κ3) is 1.42. The van der Waals surface area contributed by atoms with Gasteiger partial charge < -0.3 is 0 Å². The molecular weight excluding hydrogens is 146 g/mol. The van der Waals surface area contributed by atoms with Crippen molar-refractivity contribution in [3.63, 3.8) is 0 Å². The van der Waals surface area contributed by atoms with Crippen molar-refractivity contribution in [3.8, 4) is 0 Å². The molecule has 0 aromatic carbocycles. The van der Waals surface area contributed by atoms with Gasteiger partial charge in [0.2, 0.25) is 0 Å². The summed E-state index contributed by atoms with van der Waals surface area (Å²) in [7, 11) is 0. The van der Waals surface area contributed by atoms with Gasteiger partial charge in [0, 0.05) is 12.6 Å². The predicted molar refractivity (Wildman–Crippen MR) is 52.2 cm³/mol. The lowest BCUT2D eigenvalue weighted by Gasteiger charge is -2.38. The molecule has 1 atom stereocenters. The van der Waals surface area contributed by atoms with E-state index < -0.39 is 0 Å². The molecule has 68 valence electrons. The molecule has 0 amide bonds. The lowest BCUT2D eigenvalue weighted by molar-refractivity contribution is 0.195. The van der Waals surface area contributed by atoms with Gasteiger partial charge in [-0.2, -0.15) is 0 Å². The molecule has 12 heavy (non-hydrogen) atoms. The summed E-state index contributed by atoms with van der Waals surface area (Å²) < 4.78 is 0. The third-order valence-electron chi connectivity index (χ3n) is 3.29. The standard InChI is InChI=1S/C11H19N/c1-2-12-9-5-7-10-6-3-4-8-11(10)12/h7,11H,2-6,8-9H2,1H3. The van der Waals surface area contributed by atoms with Gasteiger partial charge in [-0.15, -0.1) is 0 Å². The molecule has 1 heterocycles. The molecule has 1 unspecified atom stereocenters. The molecule has 0 bridgehead atoms. The van der Waals surface area contributed by atoms with Crippen LogP contribution in [0.4, 0.5) is 0 Å². The van der Waals surface area contributed by atoms with E-state index in [1.54, 1.807) is 5.57 Å². The first-order chi connectivity index (χ1) is 5.92. The third-order valence-corrected chi connectivity index (χ3v) is 3.29. The maximum Gasteiger partial charge on any atom is 0.0307 e. The Morgan fingerprint density at radius 2 is 2.42 bits per heavy atom. The van der Waals surface area contributed by atoms with Gasteiger partial charge in [-0.1, -0.05) is 25.0 Å². The van der Waals surface area contributed by atoms with Crippen molar-refractivity contribution in [1.82, 2.24) is 4.90 Å². The van der Waals surface area contributed by atoms with Crippen molar-refractivity contribution in [2.24, 2.45) is 0 Å². The summed E-state index contributed by atoms with van der Waals surface area (Å²) in [5.41, 5.74) is 1.74. The number of fused-ring (bicyclic) bond motifs is 1. The molecule has 1 fully saturated rings. The van der Waals surface area contributed by atoms with Crippen molar-refractivity contribution in [2.75, 3.05) is 13.1 Å². The van der Waals surface area contributed by atoms with Crippen LogP contribution in [0.2, 0.25) is 0 Å². The molecule has 0 radical (unpaired) electrons. The van der Waals surface area contributed by atoms with E-state index in [1.807, 2.05) is 0 Å². The Morgan fingerprint density at radius 3 is 3.25 bits per heavy atom. The van der Waals surface area contributed by atoms with Gasteiger partial charge in [0.15, 0.2) is 0 Å². The van der Waals surface area contributed by atoms with E-state index in [1.165, 1.54) is 45.2 Å². The summed E-state index contributed by atoms with van der Waals surface area (Å²) in [5.74, 6) is 0. The Balaban J connectivity index is 2.10. The molecule has 0 aromatic heterocycles. The van der Waals surface area contributed by atoms with Gasteiger partial charge in [0.25, 0.3) is 0 Å². The van der Waals surface area contributed by atoms with Crippen LogP contribution < -0.4 is 0 Å². The molecule has 1 saturated carbocycles. The second kappa shape index (κ2) is 3.61. The van der Waals surface area contributed by atoms with E-state index in [2.05, 4.69) is 17.9 Å². The second-order valence-electron chi connectivity index (χ2n) is 3.96. The minimum atomic E-state index is 0.831. The Bertz CT molecular complexity index is 183. The van der Waals surface area contributed by atoms with Crippen LogP contribution in [0.15, 0.2) is 11.6 Å². The summed E-state index contributed by atoms with van der Waals surface area (Å²) in [5, 5.41) is 0. The van der Waals surface area contributed by atoms with E-state index in [0.717, 1.165) is 6.04 Å². The lowest BCUT2D eigenvalue weighted by atomic mass is 9.86. The van der Waals surface area contributed by atoms with Crippen LogP contribution in [0.5, 0.6) is 0 Å². The van der Waals surface area contributed by atoms with Gasteiger partial charge in [0.1, 0.15) is 0 Å². The van der Waals surface area contributed by atoms with Crippen LogP contribution in [0, 0.1) is 0 Å². The molecule has 0 spiro atoms. The largest absolute Gasteiger partial charge is 0.297 e. The smallest absolute Gasteiger partial charge is 0.0307 e. The van der Waals surface area contributed by atoms with E-state index in [4.69, 9.17) is 0 Å². The summed E-state index contributed by atoms with van der Waals surface area (Å²) in [6, 6.07) is 0.831. The first-order valence-corrected chi connectivity index (χ1v) is 5.35. The van der Waals surface area contributed by atoms with E-state index in [-0.39, 0.29) is 0 Å². The highest BCUT2D eigenvalue weighted by atomic mass is 15.2. The Morgan fingerprint density at radius 1 is 1.50 bits per heavy atom. The maximum absolute atomic E-state index is 2.65. The van der Waals surface area contributed by atoms with Crippen LogP contribution in [-0.4, -0.2) is 24.0 Å². The van der Waals surface area contributed by atoms with Crippen molar-refractivity contribution < 1.29 is 0 Å². The van der Waals surface area contributed by atoms with Gasteiger partial charge >= 0.3 is 0 Å². The number of hydrogen-bond donors (Lipinski definition) is 0. The van der Waals surface area contributed by atoms with E-state index in [0.29, 0.717) is 0 Å². The zero-order valence-electron chi connectivity index (χ0n) is 8.05. The minimum Gasteiger partial charge on any atom is -0.297 e. The van der Waals surface area contributed by atoms with Crippen LogP contribution in [-0.2, 0) is 0 Å². The topological polar surface area (TPSA) is 3.24 Å². The highest BCUT2D eigenvalue weighted by Crippen LogP contribution is 2.30. The average molecular weight is 165 g/mol. The maximum atomic E-state index is 2.65. The zero-order valence-corrected chi connectivity index (χ0v) is 8.05. The molecule has 0 saturated heterocycles. The van der Waals surface area contributed by atoms with Crippen molar-refractivity contribution in [1.29, 1.82) is 0 Å². The number of rotatable bonds is 1. The summed E-state index contributed by atoms with van der Waals surface area (Å²) >= 11 is 0. The summed E-state index contributed by atoms with van der Waals surface area (Å²) in [4.78, 5) is 2.65. The van der Waals surface area contributed by atoms with Gasteiger partial charge in [0.05, 0.1) is 0 Å². The summed E-state index contributed by atoms with van der Waals surface area (Å²) in [6.45, 7) is 4.82. The fourth-order valence-corrected chi connectivity index (χ4v) is 2.62. The number of hydrogen-bond acceptors (Lipinski definition) is 1. The molecule has 1 aliphatic carbocycles. The minimum absolute atomic E-state index is 0.831. The Hall–Kier alpha value is -0.300. The quantitative estimate of drug-likeness (QED) is 0.540. The van der Waals surface area contributed by atoms with Crippen LogP contribution in [0.1, 0.15) is 39.0 Å². The first kappa shape index (κ1) is 8.31. The first-order valence-electron chi connectivity index (χ1n) is 5.35. The van der Waals surface area contributed by atoms with Crippen molar-refractivity contribution in [3.05, 3.63) is 11.6 Å². The molecule has 1 aliphatic heterocycles. The number of likely N-dealkylation sites (N-methyl/N-ethyl adjacent to an activating group) is 1. The monoisotopic (exact) mass is 165 g/mol. The van der Waals surface area contributed by atoms with Crippen LogP contribution in [0.3, 0.4) is 0 Å². The molecule has 0 N–H and O–H groups in total. The molecule has 0 aromatic rings. The van der Waals surface area contributed by atoms with Gasteiger partial charge in [-0.05, 0) is 32.2 Å². The highest BCUT2D eigenvalue weighted by Gasteiger charge is 2.25. The van der Waals surface area contributed by atoms with Crippen LogP contribution in [0.25, 0.3) is 0 Å². The Kier molecular flexibility index (Phi) is 2.50. The van der Waals surface area contributed by atoms with E-state index >= 15 is 0 Å². The van der Waals surface area contributed by atoms with Gasteiger partial charge in [-0.3, -0.25) is 4.90 Å². The molecule has 2 rings (SSSR count). The molecule has 1 nitrogen and oxygen atoms in total. The van der Waals surface area contributed by atoms with Gasteiger partial charge in [-0.25, -0.2) is 0 Å². The van der Waals surface area contributed by atoms with Crippen molar-refractivity contribution in [2.45, 2.75) is 45.1 Å². The highest BCUT2D eigenvalue weighted by molar-refractivity contribution is 5.16. The lowest BCUT2D eigenvalue weighted by Crippen LogP contribution is -2.41. The Labute approximate surface area is 75.4 Å². The predicted octanol–water partition coefficient (Wildman–Crippen LogP) is 2.58. The summed E-state index contributed by atoms with van der Waals surface area (Å²) in [6.07, 6.45) is 9.45. The fraction of sp³-hybridized carbons (Fsp3) is 0.818. The molecule has 2 aliphatic rings. The normalized spacial score (nSPS) is 31.1. The number of nitrogens with zero attached hydrogens (tertiary/aromatic N) is 1. The zero-order chi connectivity index (χ0) is 8.39. The van der Waals surface area contributed by atoms with E-state index in [9.17, 15) is 0 Å². The van der Waals surface area contributed by atoms with Crippen molar-refractivity contribution >= 4 is 0 Å². The average Bonchev–Trinajstić information content (AvgIpc) is 2.17. The second-order valence-corrected chi connectivity index (χ2v) is 3.96. The molecular formula is C11H19N. The molecule has 1 heteroatoms. The SMILES string of the molecule is CCN1CCC=C2CCCCC21. The van der Waals surface area contributed by atoms with Crippen LogP contribution >= 0.6 is 0 Å².